The van der Waals surface area contributed by atoms with Gasteiger partial charge in [0.1, 0.15) is 23.7 Å². The molecule has 194 valence electrons. The average molecular weight is 571 g/mol. The Labute approximate surface area is 222 Å². The number of rotatable bonds is 10. The van der Waals surface area contributed by atoms with E-state index in [2.05, 4.69) is 53.7 Å². The highest BCUT2D eigenvalue weighted by Gasteiger charge is 2.18. The minimum Gasteiger partial charge on any atom is -0.491 e. The fourth-order valence-corrected chi connectivity index (χ4v) is 4.29. The summed E-state index contributed by atoms with van der Waals surface area (Å²) in [4.78, 5) is 32.7. The lowest BCUT2D eigenvalue weighted by Crippen LogP contribution is -2.30. The van der Waals surface area contributed by atoms with Gasteiger partial charge in [0.25, 0.3) is 0 Å². The van der Waals surface area contributed by atoms with Gasteiger partial charge in [-0.15, -0.1) is 0 Å². The lowest BCUT2D eigenvalue weighted by atomic mass is 9.99. The lowest BCUT2D eigenvalue weighted by Gasteiger charge is -2.23. The van der Waals surface area contributed by atoms with Crippen molar-refractivity contribution in [3.8, 4) is 5.75 Å². The van der Waals surface area contributed by atoms with Crippen molar-refractivity contribution < 1.29 is 18.7 Å². The standard InChI is InChI=1S/C26H28BrFN6O3/c1-2-24(35)30-10-7-25(36)33-22-12-18-21(13-23(22)37-14-16-5-8-29-9-6-16)31-15-32-26(18)34-20-4-3-17(27)11-19(20)28/h2-4,11-13,15-16,29H,1,5-10,14H2,(H,30,35)(H,33,36)(H,31,32,34). The average Bonchev–Trinajstić information content (AvgIpc) is 2.89. The monoisotopic (exact) mass is 570 g/mol. The van der Waals surface area contributed by atoms with E-state index >= 15 is 0 Å². The molecule has 0 radical (unpaired) electrons. The van der Waals surface area contributed by atoms with E-state index in [0.717, 1.165) is 32.0 Å². The highest BCUT2D eigenvalue weighted by atomic mass is 79.9. The summed E-state index contributed by atoms with van der Waals surface area (Å²) in [5, 5.41) is 12.4. The number of piperidine rings is 1. The van der Waals surface area contributed by atoms with Crippen molar-refractivity contribution in [2.24, 2.45) is 5.92 Å². The van der Waals surface area contributed by atoms with E-state index in [0.29, 0.717) is 45.2 Å². The van der Waals surface area contributed by atoms with E-state index in [9.17, 15) is 14.0 Å². The largest absolute Gasteiger partial charge is 0.491 e. The van der Waals surface area contributed by atoms with E-state index in [4.69, 9.17) is 4.74 Å². The van der Waals surface area contributed by atoms with E-state index in [1.54, 1.807) is 24.3 Å². The Kier molecular flexibility index (Phi) is 9.02. The van der Waals surface area contributed by atoms with Crippen LogP contribution in [0.4, 0.5) is 21.6 Å². The van der Waals surface area contributed by atoms with Crippen LogP contribution in [-0.4, -0.2) is 48.0 Å². The Bertz CT molecular complexity index is 1300. The van der Waals surface area contributed by atoms with Crippen LogP contribution in [0.2, 0.25) is 0 Å². The molecule has 0 unspecified atom stereocenters. The maximum atomic E-state index is 14.5. The zero-order chi connectivity index (χ0) is 26.2. The first-order chi connectivity index (χ1) is 17.9. The Morgan fingerprint density at radius 2 is 2.00 bits per heavy atom. The minimum atomic E-state index is -0.446. The summed E-state index contributed by atoms with van der Waals surface area (Å²) in [7, 11) is 0. The third-order valence-electron chi connectivity index (χ3n) is 5.96. The molecule has 11 heteroatoms. The van der Waals surface area contributed by atoms with Crippen LogP contribution < -0.4 is 26.0 Å². The molecule has 2 heterocycles. The second kappa shape index (κ2) is 12.6. The van der Waals surface area contributed by atoms with Crippen molar-refractivity contribution in [1.82, 2.24) is 20.6 Å². The SMILES string of the molecule is C=CC(=O)NCCC(=O)Nc1cc2c(Nc3ccc(Br)cc3F)ncnc2cc1OCC1CCNCC1. The third-order valence-corrected chi connectivity index (χ3v) is 6.46. The van der Waals surface area contributed by atoms with Gasteiger partial charge in [0.05, 0.1) is 23.5 Å². The van der Waals surface area contributed by atoms with Gasteiger partial charge >= 0.3 is 0 Å². The summed E-state index contributed by atoms with van der Waals surface area (Å²) in [5.74, 6) is 0.160. The molecule has 1 aromatic heterocycles. The zero-order valence-corrected chi connectivity index (χ0v) is 21.7. The first kappa shape index (κ1) is 26.5. The molecule has 1 aliphatic heterocycles. The summed E-state index contributed by atoms with van der Waals surface area (Å²) in [5.41, 5.74) is 1.26. The fourth-order valence-electron chi connectivity index (χ4n) is 3.96. The van der Waals surface area contributed by atoms with Crippen LogP contribution >= 0.6 is 15.9 Å². The van der Waals surface area contributed by atoms with Gasteiger partial charge < -0.3 is 26.0 Å². The molecule has 0 aliphatic carbocycles. The summed E-state index contributed by atoms with van der Waals surface area (Å²) in [6.07, 6.45) is 4.61. The Balaban J connectivity index is 1.61. The van der Waals surface area contributed by atoms with Crippen LogP contribution in [0.25, 0.3) is 10.9 Å². The number of benzene rings is 2. The Morgan fingerprint density at radius 1 is 1.19 bits per heavy atom. The molecule has 4 N–H and O–H groups in total. The topological polar surface area (TPSA) is 117 Å². The second-order valence-electron chi connectivity index (χ2n) is 8.63. The molecular weight excluding hydrogens is 543 g/mol. The summed E-state index contributed by atoms with van der Waals surface area (Å²) in [6.45, 7) is 5.95. The predicted molar refractivity (Wildman–Crippen MR) is 144 cm³/mol. The van der Waals surface area contributed by atoms with Crippen molar-refractivity contribution >= 4 is 55.8 Å². The van der Waals surface area contributed by atoms with Crippen molar-refractivity contribution in [1.29, 1.82) is 0 Å². The summed E-state index contributed by atoms with van der Waals surface area (Å²) >= 11 is 3.26. The first-order valence-electron chi connectivity index (χ1n) is 12.0. The first-order valence-corrected chi connectivity index (χ1v) is 12.8. The lowest BCUT2D eigenvalue weighted by molar-refractivity contribution is -0.117. The molecule has 0 atom stereocenters. The number of carbonyl (C=O) groups excluding carboxylic acids is 2. The van der Waals surface area contributed by atoms with Crippen LogP contribution in [0.3, 0.4) is 0 Å². The molecule has 4 rings (SSSR count). The third kappa shape index (κ3) is 7.23. The van der Waals surface area contributed by atoms with E-state index < -0.39 is 5.82 Å². The summed E-state index contributed by atoms with van der Waals surface area (Å²) < 4.78 is 21.3. The van der Waals surface area contributed by atoms with E-state index in [1.807, 2.05) is 0 Å². The van der Waals surface area contributed by atoms with Gasteiger partial charge in [0, 0.05) is 28.9 Å². The molecule has 0 bridgehead atoms. The Hall–Kier alpha value is -3.57. The second-order valence-corrected chi connectivity index (χ2v) is 9.55. The van der Waals surface area contributed by atoms with E-state index in [-0.39, 0.29) is 30.5 Å². The molecule has 0 saturated carbocycles. The molecule has 1 saturated heterocycles. The predicted octanol–water partition coefficient (Wildman–Crippen LogP) is 4.28. The molecule has 9 nitrogen and oxygen atoms in total. The summed E-state index contributed by atoms with van der Waals surface area (Å²) in [6, 6.07) is 8.14. The Morgan fingerprint density at radius 3 is 2.76 bits per heavy atom. The number of amides is 2. The molecule has 0 spiro atoms. The van der Waals surface area contributed by atoms with Crippen molar-refractivity contribution in [3.63, 3.8) is 0 Å². The minimum absolute atomic E-state index is 0.0614. The van der Waals surface area contributed by atoms with Crippen LogP contribution in [-0.2, 0) is 9.59 Å². The number of carbonyl (C=O) groups is 2. The number of ether oxygens (including phenoxy) is 1. The number of halogens is 2. The zero-order valence-electron chi connectivity index (χ0n) is 20.2. The van der Waals surface area contributed by atoms with Gasteiger partial charge in [-0.1, -0.05) is 22.5 Å². The maximum absolute atomic E-state index is 14.5. The van der Waals surface area contributed by atoms with Crippen molar-refractivity contribution in [2.45, 2.75) is 19.3 Å². The van der Waals surface area contributed by atoms with Crippen molar-refractivity contribution in [2.75, 3.05) is 36.9 Å². The molecule has 1 aliphatic rings. The molecule has 37 heavy (non-hydrogen) atoms. The number of anilines is 3. The molecular formula is C26H28BrFN6O3. The van der Waals surface area contributed by atoms with Gasteiger partial charge in [-0.25, -0.2) is 14.4 Å². The smallest absolute Gasteiger partial charge is 0.243 e. The van der Waals surface area contributed by atoms with Gasteiger partial charge in [-0.2, -0.15) is 0 Å². The van der Waals surface area contributed by atoms with Gasteiger partial charge in [0.15, 0.2) is 0 Å². The van der Waals surface area contributed by atoms with E-state index in [1.165, 1.54) is 12.4 Å². The van der Waals surface area contributed by atoms with Crippen LogP contribution in [0.1, 0.15) is 19.3 Å². The molecule has 2 amide bonds. The maximum Gasteiger partial charge on any atom is 0.243 e. The van der Waals surface area contributed by atoms with Crippen LogP contribution in [0.15, 0.2) is 53.8 Å². The molecule has 3 aromatic rings. The number of fused-ring (bicyclic) bond motifs is 1. The number of nitrogens with one attached hydrogen (secondary N) is 4. The number of nitrogens with zero attached hydrogens (tertiary/aromatic N) is 2. The molecule has 2 aromatic carbocycles. The number of aromatic nitrogens is 2. The number of hydrogen-bond donors (Lipinski definition) is 4. The highest BCUT2D eigenvalue weighted by Crippen LogP contribution is 2.34. The van der Waals surface area contributed by atoms with Crippen LogP contribution in [0, 0.1) is 11.7 Å². The van der Waals surface area contributed by atoms with Gasteiger partial charge in [0.2, 0.25) is 11.8 Å². The fraction of sp³-hybridized carbons (Fsp3) is 0.308. The normalized spacial score (nSPS) is 13.7. The van der Waals surface area contributed by atoms with Crippen LogP contribution in [0.5, 0.6) is 5.75 Å². The molecule has 1 fully saturated rings. The van der Waals surface area contributed by atoms with Crippen molar-refractivity contribution in [3.05, 3.63) is 59.6 Å². The highest BCUT2D eigenvalue weighted by molar-refractivity contribution is 9.10. The van der Waals surface area contributed by atoms with Gasteiger partial charge in [-0.3, -0.25) is 9.59 Å². The number of hydrogen-bond acceptors (Lipinski definition) is 7. The van der Waals surface area contributed by atoms with Gasteiger partial charge in [-0.05, 0) is 62.2 Å². The quantitative estimate of drug-likeness (QED) is 0.269.